The average molecular weight is 256 g/mol. The maximum atomic E-state index is 11.7. The van der Waals surface area contributed by atoms with E-state index in [1.54, 1.807) is 0 Å². The summed E-state index contributed by atoms with van der Waals surface area (Å²) in [6.07, 6.45) is 1.46. The minimum atomic E-state index is -0.221. The van der Waals surface area contributed by atoms with Gasteiger partial charge in [0.1, 0.15) is 6.04 Å². The molecule has 1 amide bonds. The van der Waals surface area contributed by atoms with Gasteiger partial charge in [0.2, 0.25) is 5.91 Å². The second kappa shape index (κ2) is 7.36. The number of carbonyl (C=O) groups excluding carboxylic acids is 2. The molecule has 1 aliphatic rings. The van der Waals surface area contributed by atoms with Crippen LogP contribution in [0.25, 0.3) is 0 Å². The summed E-state index contributed by atoms with van der Waals surface area (Å²) in [7, 11) is 0. The first kappa shape index (κ1) is 15.0. The van der Waals surface area contributed by atoms with E-state index < -0.39 is 0 Å². The number of esters is 1. The SMILES string of the molecule is CCOC(=O)C(C)N1CCCN(C(=O)CC)CC1. The van der Waals surface area contributed by atoms with Crippen molar-refractivity contribution >= 4 is 11.9 Å². The second-order valence-electron chi connectivity index (χ2n) is 4.55. The van der Waals surface area contributed by atoms with Crippen LogP contribution in [0.2, 0.25) is 0 Å². The molecule has 0 spiro atoms. The highest BCUT2D eigenvalue weighted by Gasteiger charge is 2.25. The Labute approximate surface area is 109 Å². The largest absolute Gasteiger partial charge is 0.465 e. The average Bonchev–Trinajstić information content (AvgIpc) is 2.63. The highest BCUT2D eigenvalue weighted by atomic mass is 16.5. The van der Waals surface area contributed by atoms with E-state index in [2.05, 4.69) is 4.90 Å². The summed E-state index contributed by atoms with van der Waals surface area (Å²) in [6.45, 7) is 9.06. The van der Waals surface area contributed by atoms with Gasteiger partial charge in [-0.05, 0) is 20.3 Å². The van der Waals surface area contributed by atoms with Gasteiger partial charge in [-0.15, -0.1) is 0 Å². The van der Waals surface area contributed by atoms with Crippen molar-refractivity contribution in [2.24, 2.45) is 0 Å². The van der Waals surface area contributed by atoms with Crippen LogP contribution in [0, 0.1) is 0 Å². The molecule has 1 heterocycles. The number of nitrogens with zero attached hydrogens (tertiary/aromatic N) is 2. The summed E-state index contributed by atoms with van der Waals surface area (Å²) in [5.74, 6) is 0.0217. The Kier molecular flexibility index (Phi) is 6.12. The summed E-state index contributed by atoms with van der Waals surface area (Å²) in [6, 6.07) is -0.221. The first-order valence-corrected chi connectivity index (χ1v) is 6.78. The smallest absolute Gasteiger partial charge is 0.323 e. The Bertz CT molecular complexity index is 294. The van der Waals surface area contributed by atoms with Gasteiger partial charge < -0.3 is 9.64 Å². The Morgan fingerprint density at radius 2 is 1.89 bits per heavy atom. The highest BCUT2D eigenvalue weighted by Crippen LogP contribution is 2.09. The molecule has 104 valence electrons. The molecule has 1 atom stereocenters. The second-order valence-corrected chi connectivity index (χ2v) is 4.55. The third kappa shape index (κ3) is 3.98. The maximum Gasteiger partial charge on any atom is 0.323 e. The van der Waals surface area contributed by atoms with Gasteiger partial charge in [-0.2, -0.15) is 0 Å². The van der Waals surface area contributed by atoms with Gasteiger partial charge in [-0.3, -0.25) is 14.5 Å². The molecule has 0 aliphatic carbocycles. The van der Waals surface area contributed by atoms with Crippen molar-refractivity contribution in [1.29, 1.82) is 0 Å². The molecule has 1 aliphatic heterocycles. The Balaban J connectivity index is 2.51. The predicted molar refractivity (Wildman–Crippen MR) is 69.2 cm³/mol. The van der Waals surface area contributed by atoms with Crippen LogP contribution in [0.5, 0.6) is 0 Å². The Hall–Kier alpha value is -1.10. The summed E-state index contributed by atoms with van der Waals surface area (Å²) >= 11 is 0. The van der Waals surface area contributed by atoms with Crippen LogP contribution in [-0.4, -0.2) is 60.5 Å². The standard InChI is InChI=1S/C13H24N2O3/c1-4-12(16)15-8-6-7-14(9-10-15)11(3)13(17)18-5-2/h11H,4-10H2,1-3H3. The van der Waals surface area contributed by atoms with Crippen molar-refractivity contribution in [3.63, 3.8) is 0 Å². The Morgan fingerprint density at radius 1 is 1.17 bits per heavy atom. The normalized spacial score (nSPS) is 19.2. The predicted octanol–water partition coefficient (Wildman–Crippen LogP) is 0.882. The number of amides is 1. The number of hydrogen-bond donors (Lipinski definition) is 0. The number of carbonyl (C=O) groups is 2. The lowest BCUT2D eigenvalue weighted by molar-refractivity contribution is -0.148. The number of rotatable bonds is 4. The molecular weight excluding hydrogens is 232 g/mol. The highest BCUT2D eigenvalue weighted by molar-refractivity contribution is 5.76. The zero-order chi connectivity index (χ0) is 13.5. The van der Waals surface area contributed by atoms with E-state index in [0.29, 0.717) is 19.6 Å². The van der Waals surface area contributed by atoms with Crippen LogP contribution >= 0.6 is 0 Å². The maximum absolute atomic E-state index is 11.7. The van der Waals surface area contributed by atoms with Gasteiger partial charge >= 0.3 is 5.97 Å². The molecule has 1 saturated heterocycles. The van der Waals surface area contributed by atoms with Crippen LogP contribution in [0.4, 0.5) is 0 Å². The van der Waals surface area contributed by atoms with Crippen molar-refractivity contribution in [2.45, 2.75) is 39.7 Å². The fourth-order valence-electron chi connectivity index (χ4n) is 2.21. The summed E-state index contributed by atoms with van der Waals surface area (Å²) in [5.41, 5.74) is 0. The van der Waals surface area contributed by atoms with Gasteiger partial charge in [0.25, 0.3) is 0 Å². The minimum absolute atomic E-state index is 0.173. The van der Waals surface area contributed by atoms with E-state index in [0.717, 1.165) is 26.1 Å². The van der Waals surface area contributed by atoms with Gasteiger partial charge in [0, 0.05) is 32.6 Å². The first-order valence-electron chi connectivity index (χ1n) is 6.78. The number of hydrogen-bond acceptors (Lipinski definition) is 4. The molecular formula is C13H24N2O3. The monoisotopic (exact) mass is 256 g/mol. The lowest BCUT2D eigenvalue weighted by Gasteiger charge is -2.26. The molecule has 0 aromatic heterocycles. The van der Waals surface area contributed by atoms with Crippen LogP contribution in [0.15, 0.2) is 0 Å². The van der Waals surface area contributed by atoms with Crippen LogP contribution in [0.1, 0.15) is 33.6 Å². The van der Waals surface area contributed by atoms with Crippen molar-refractivity contribution in [3.05, 3.63) is 0 Å². The molecule has 0 bridgehead atoms. The van der Waals surface area contributed by atoms with Gasteiger partial charge in [0.15, 0.2) is 0 Å². The quantitative estimate of drug-likeness (QED) is 0.701. The summed E-state index contributed by atoms with van der Waals surface area (Å²) in [5, 5.41) is 0. The third-order valence-corrected chi connectivity index (χ3v) is 3.36. The molecule has 0 radical (unpaired) electrons. The van der Waals surface area contributed by atoms with Crippen molar-refractivity contribution in [2.75, 3.05) is 32.8 Å². The molecule has 18 heavy (non-hydrogen) atoms. The molecule has 5 nitrogen and oxygen atoms in total. The van der Waals surface area contributed by atoms with E-state index >= 15 is 0 Å². The molecule has 1 unspecified atom stereocenters. The zero-order valence-electron chi connectivity index (χ0n) is 11.6. The van der Waals surface area contributed by atoms with Gasteiger partial charge in [-0.25, -0.2) is 0 Å². The fraction of sp³-hybridized carbons (Fsp3) is 0.846. The van der Waals surface area contributed by atoms with Crippen LogP contribution < -0.4 is 0 Å². The van der Waals surface area contributed by atoms with Crippen molar-refractivity contribution < 1.29 is 14.3 Å². The molecule has 0 aromatic rings. The minimum Gasteiger partial charge on any atom is -0.465 e. The van der Waals surface area contributed by atoms with Crippen LogP contribution in [0.3, 0.4) is 0 Å². The Morgan fingerprint density at radius 3 is 2.50 bits per heavy atom. The molecule has 0 N–H and O–H groups in total. The molecule has 1 rings (SSSR count). The topological polar surface area (TPSA) is 49.9 Å². The van der Waals surface area contributed by atoms with Gasteiger partial charge in [-0.1, -0.05) is 6.92 Å². The number of ether oxygens (including phenoxy) is 1. The molecule has 5 heteroatoms. The summed E-state index contributed by atoms with van der Waals surface area (Å²) in [4.78, 5) is 27.3. The summed E-state index contributed by atoms with van der Waals surface area (Å²) < 4.78 is 5.03. The lowest BCUT2D eigenvalue weighted by atomic mass is 10.2. The molecule has 0 saturated carbocycles. The van der Waals surface area contributed by atoms with E-state index in [9.17, 15) is 9.59 Å². The van der Waals surface area contributed by atoms with Crippen LogP contribution in [-0.2, 0) is 14.3 Å². The third-order valence-electron chi connectivity index (χ3n) is 3.36. The fourth-order valence-corrected chi connectivity index (χ4v) is 2.21. The molecule has 0 aromatic carbocycles. The van der Waals surface area contributed by atoms with Crippen molar-refractivity contribution in [3.8, 4) is 0 Å². The lowest BCUT2D eigenvalue weighted by Crippen LogP contribution is -2.42. The van der Waals surface area contributed by atoms with E-state index in [1.165, 1.54) is 0 Å². The van der Waals surface area contributed by atoms with Crippen molar-refractivity contribution in [1.82, 2.24) is 9.80 Å². The van der Waals surface area contributed by atoms with Gasteiger partial charge in [0.05, 0.1) is 6.61 Å². The zero-order valence-corrected chi connectivity index (χ0v) is 11.6. The van der Waals surface area contributed by atoms with E-state index in [4.69, 9.17) is 4.74 Å². The first-order chi connectivity index (χ1) is 8.60. The molecule has 1 fully saturated rings. The van der Waals surface area contributed by atoms with E-state index in [1.807, 2.05) is 25.7 Å². The van der Waals surface area contributed by atoms with E-state index in [-0.39, 0.29) is 17.9 Å².